The highest BCUT2D eigenvalue weighted by Crippen LogP contribution is 2.35. The lowest BCUT2D eigenvalue weighted by molar-refractivity contribution is -0.135. The van der Waals surface area contributed by atoms with Crippen molar-refractivity contribution < 1.29 is 14.3 Å². The van der Waals surface area contributed by atoms with Crippen molar-refractivity contribution in [3.8, 4) is 5.75 Å². The summed E-state index contributed by atoms with van der Waals surface area (Å²) in [5.41, 5.74) is 2.26. The number of amides is 1. The Morgan fingerprint density at radius 1 is 1.21 bits per heavy atom. The largest absolute Gasteiger partial charge is 0.484 e. The number of rotatable bonds is 6. The Morgan fingerprint density at radius 2 is 2.03 bits per heavy atom. The highest BCUT2D eigenvalue weighted by atomic mass is 35.5. The van der Waals surface area contributed by atoms with Crippen molar-refractivity contribution >= 4 is 40.8 Å². The van der Waals surface area contributed by atoms with Gasteiger partial charge in [0.15, 0.2) is 6.61 Å². The number of hydrogen-bond donors (Lipinski definition) is 0. The van der Waals surface area contributed by atoms with E-state index in [1.807, 2.05) is 41.8 Å². The zero-order valence-electron chi connectivity index (χ0n) is 15.3. The molecule has 0 radical (unpaired) electrons. The van der Waals surface area contributed by atoms with Crippen LogP contribution < -0.4 is 4.74 Å². The topological polar surface area (TPSA) is 59.0 Å². The molecule has 7 heteroatoms. The fourth-order valence-corrected chi connectivity index (χ4v) is 4.09. The van der Waals surface area contributed by atoms with E-state index < -0.39 is 0 Å². The molecule has 2 heterocycles. The van der Waals surface area contributed by atoms with Crippen molar-refractivity contribution in [3.05, 3.63) is 87.1 Å². The Morgan fingerprint density at radius 3 is 2.76 bits per heavy atom. The van der Waals surface area contributed by atoms with Crippen LogP contribution in [0.5, 0.6) is 5.75 Å². The SMILES string of the molecule is O=Cc1cccc(OCC(=O)N2N=C(c3ccc(Cl)cc3)CC2c2cccs2)c1. The number of aldehydes is 1. The van der Waals surface area contributed by atoms with Crippen molar-refractivity contribution in [1.29, 1.82) is 0 Å². The summed E-state index contributed by atoms with van der Waals surface area (Å²) in [5.74, 6) is 0.223. The van der Waals surface area contributed by atoms with Gasteiger partial charge in [-0.05, 0) is 41.3 Å². The van der Waals surface area contributed by atoms with E-state index in [0.29, 0.717) is 22.8 Å². The maximum atomic E-state index is 12.9. The molecule has 1 unspecified atom stereocenters. The van der Waals surface area contributed by atoms with Crippen molar-refractivity contribution in [3.63, 3.8) is 0 Å². The number of thiophene rings is 1. The van der Waals surface area contributed by atoms with Gasteiger partial charge in [-0.25, -0.2) is 5.01 Å². The van der Waals surface area contributed by atoms with Gasteiger partial charge in [-0.2, -0.15) is 5.10 Å². The molecule has 0 N–H and O–H groups in total. The van der Waals surface area contributed by atoms with E-state index >= 15 is 0 Å². The minimum atomic E-state index is -0.246. The van der Waals surface area contributed by atoms with Crippen LogP contribution in [-0.2, 0) is 4.79 Å². The fraction of sp³-hybridized carbons (Fsp3) is 0.136. The third-order valence-electron chi connectivity index (χ3n) is 4.57. The highest BCUT2D eigenvalue weighted by Gasteiger charge is 2.33. The molecule has 1 atom stereocenters. The molecule has 5 nitrogen and oxygen atoms in total. The van der Waals surface area contributed by atoms with E-state index in [-0.39, 0.29) is 18.6 Å². The summed E-state index contributed by atoms with van der Waals surface area (Å²) in [7, 11) is 0. The maximum absolute atomic E-state index is 12.9. The fourth-order valence-electron chi connectivity index (χ4n) is 3.15. The summed E-state index contributed by atoms with van der Waals surface area (Å²) >= 11 is 7.58. The van der Waals surface area contributed by atoms with Gasteiger partial charge in [0, 0.05) is 21.9 Å². The average molecular weight is 425 g/mol. The molecule has 3 aromatic rings. The van der Waals surface area contributed by atoms with Crippen molar-refractivity contribution in [2.24, 2.45) is 5.10 Å². The Hall–Kier alpha value is -2.96. The highest BCUT2D eigenvalue weighted by molar-refractivity contribution is 7.10. The quantitative estimate of drug-likeness (QED) is 0.525. The molecule has 1 aromatic heterocycles. The molecule has 0 aliphatic carbocycles. The second-order valence-electron chi connectivity index (χ2n) is 6.51. The van der Waals surface area contributed by atoms with Gasteiger partial charge < -0.3 is 4.74 Å². The monoisotopic (exact) mass is 424 g/mol. The van der Waals surface area contributed by atoms with Gasteiger partial charge in [-0.1, -0.05) is 41.9 Å². The summed E-state index contributed by atoms with van der Waals surface area (Å²) in [6.45, 7) is -0.165. The standard InChI is InChI=1S/C22H17ClN2O3S/c23-17-8-6-16(7-9-17)19-12-20(21-5-2-10-29-21)25(24-19)22(27)14-28-18-4-1-3-15(11-18)13-26/h1-11,13,20H,12,14H2. The number of hydrogen-bond acceptors (Lipinski definition) is 5. The number of halogens is 1. The summed E-state index contributed by atoms with van der Waals surface area (Å²) in [4.78, 5) is 24.9. The van der Waals surface area contributed by atoms with E-state index in [1.54, 1.807) is 35.6 Å². The number of nitrogens with zero attached hydrogens (tertiary/aromatic N) is 2. The lowest BCUT2D eigenvalue weighted by Crippen LogP contribution is -2.31. The first-order valence-electron chi connectivity index (χ1n) is 9.01. The van der Waals surface area contributed by atoms with Gasteiger partial charge in [0.05, 0.1) is 11.8 Å². The molecule has 29 heavy (non-hydrogen) atoms. The molecule has 1 aliphatic heterocycles. The number of benzene rings is 2. The molecular weight excluding hydrogens is 408 g/mol. The third kappa shape index (κ3) is 4.39. The van der Waals surface area contributed by atoms with Gasteiger partial charge >= 0.3 is 0 Å². The lowest BCUT2D eigenvalue weighted by atomic mass is 10.0. The first-order chi connectivity index (χ1) is 14.1. The van der Waals surface area contributed by atoms with Crippen LogP contribution in [0.15, 0.2) is 71.1 Å². The first kappa shape index (κ1) is 19.4. The average Bonchev–Trinajstić information content (AvgIpc) is 3.42. The van der Waals surface area contributed by atoms with Gasteiger partial charge in [0.1, 0.15) is 12.0 Å². The Labute approximate surface area is 177 Å². The number of hydrazone groups is 1. The molecule has 1 aliphatic rings. The third-order valence-corrected chi connectivity index (χ3v) is 5.80. The smallest absolute Gasteiger partial charge is 0.281 e. The number of ether oxygens (including phenoxy) is 1. The minimum absolute atomic E-state index is 0.165. The summed E-state index contributed by atoms with van der Waals surface area (Å²) < 4.78 is 5.61. The number of carbonyl (C=O) groups is 2. The van der Waals surface area contributed by atoms with Crippen LogP contribution >= 0.6 is 22.9 Å². The molecule has 1 amide bonds. The van der Waals surface area contributed by atoms with E-state index in [4.69, 9.17) is 16.3 Å². The van der Waals surface area contributed by atoms with Crippen LogP contribution in [0.1, 0.15) is 33.3 Å². The predicted molar refractivity (Wildman–Crippen MR) is 114 cm³/mol. The van der Waals surface area contributed by atoms with Crippen molar-refractivity contribution in [2.45, 2.75) is 12.5 Å². The van der Waals surface area contributed by atoms with Crippen molar-refractivity contribution in [2.75, 3.05) is 6.61 Å². The molecule has 0 bridgehead atoms. The molecular formula is C22H17ClN2O3S. The molecule has 0 saturated heterocycles. The van der Waals surface area contributed by atoms with Crippen LogP contribution in [0.2, 0.25) is 5.02 Å². The lowest BCUT2D eigenvalue weighted by Gasteiger charge is -2.20. The Kier molecular flexibility index (Phi) is 5.74. The molecule has 2 aromatic carbocycles. The Balaban J connectivity index is 1.54. The second-order valence-corrected chi connectivity index (χ2v) is 7.92. The van der Waals surface area contributed by atoms with Gasteiger partial charge in [0.2, 0.25) is 0 Å². The normalized spacial score (nSPS) is 15.8. The summed E-state index contributed by atoms with van der Waals surface area (Å²) in [6, 6.07) is 17.9. The van der Waals surface area contributed by atoms with Crippen LogP contribution in [0.3, 0.4) is 0 Å². The molecule has 4 rings (SSSR count). The van der Waals surface area contributed by atoms with E-state index in [9.17, 15) is 9.59 Å². The molecule has 0 saturated carbocycles. The zero-order valence-corrected chi connectivity index (χ0v) is 16.9. The van der Waals surface area contributed by atoms with Crippen molar-refractivity contribution in [1.82, 2.24) is 5.01 Å². The zero-order chi connectivity index (χ0) is 20.2. The molecule has 0 fully saturated rings. The number of carbonyl (C=O) groups excluding carboxylic acids is 2. The van der Waals surface area contributed by atoms with E-state index in [1.165, 1.54) is 5.01 Å². The molecule has 146 valence electrons. The second kappa shape index (κ2) is 8.59. The van der Waals surface area contributed by atoms with Gasteiger partial charge in [-0.3, -0.25) is 9.59 Å². The summed E-state index contributed by atoms with van der Waals surface area (Å²) in [6.07, 6.45) is 1.36. The summed E-state index contributed by atoms with van der Waals surface area (Å²) in [5, 5.41) is 8.74. The van der Waals surface area contributed by atoms with Gasteiger partial charge in [-0.15, -0.1) is 11.3 Å². The van der Waals surface area contributed by atoms with E-state index in [0.717, 1.165) is 22.4 Å². The van der Waals surface area contributed by atoms with E-state index in [2.05, 4.69) is 5.10 Å². The maximum Gasteiger partial charge on any atom is 0.281 e. The van der Waals surface area contributed by atoms with Crippen LogP contribution in [0.25, 0.3) is 0 Å². The van der Waals surface area contributed by atoms with Crippen LogP contribution in [0.4, 0.5) is 0 Å². The van der Waals surface area contributed by atoms with Crippen LogP contribution in [0, 0.1) is 0 Å². The Bertz CT molecular complexity index is 1050. The minimum Gasteiger partial charge on any atom is -0.484 e. The molecule has 0 spiro atoms. The predicted octanol–water partition coefficient (Wildman–Crippen LogP) is 4.97. The van der Waals surface area contributed by atoms with Crippen LogP contribution in [-0.4, -0.2) is 29.5 Å². The first-order valence-corrected chi connectivity index (χ1v) is 10.3. The van der Waals surface area contributed by atoms with Gasteiger partial charge in [0.25, 0.3) is 5.91 Å².